The lowest BCUT2D eigenvalue weighted by Crippen LogP contribution is -2.27. The molecule has 0 saturated carbocycles. The molecule has 0 fully saturated rings. The highest BCUT2D eigenvalue weighted by Crippen LogP contribution is 2.50. The highest BCUT2D eigenvalue weighted by atomic mass is 32.2. The third kappa shape index (κ3) is 5.22. The summed E-state index contributed by atoms with van der Waals surface area (Å²) in [6.45, 7) is 5.56. The first-order valence-electron chi connectivity index (χ1n) is 11.7. The number of carbonyl (C=O) groups is 1. The fourth-order valence-electron chi connectivity index (χ4n) is 4.23. The molecule has 3 aromatic rings. The zero-order valence-electron chi connectivity index (χ0n) is 19.5. The van der Waals surface area contributed by atoms with E-state index in [-0.39, 0.29) is 5.57 Å². The molecule has 2 aromatic carbocycles. The van der Waals surface area contributed by atoms with Crippen molar-refractivity contribution in [2.24, 2.45) is 5.92 Å². The maximum Gasteiger partial charge on any atom is 0.346 e. The number of hydrogen-bond acceptors (Lipinski definition) is 5. The van der Waals surface area contributed by atoms with Crippen molar-refractivity contribution in [1.29, 1.82) is 5.26 Å². The van der Waals surface area contributed by atoms with Gasteiger partial charge in [-0.25, -0.2) is 4.79 Å². The normalized spacial score (nSPS) is 13.7. The Labute approximate surface area is 209 Å². The maximum absolute atomic E-state index is 11.2. The van der Waals surface area contributed by atoms with Gasteiger partial charge in [0.25, 0.3) is 0 Å². The molecule has 0 radical (unpaired) electrons. The van der Waals surface area contributed by atoms with E-state index in [1.807, 2.05) is 12.1 Å². The lowest BCUT2D eigenvalue weighted by molar-refractivity contribution is -0.132. The van der Waals surface area contributed by atoms with E-state index >= 15 is 0 Å². The van der Waals surface area contributed by atoms with Crippen LogP contribution in [-0.4, -0.2) is 17.6 Å². The molecule has 0 saturated heterocycles. The number of carboxylic acids is 1. The van der Waals surface area contributed by atoms with Gasteiger partial charge in [0.15, 0.2) is 0 Å². The number of para-hydroxylation sites is 1. The van der Waals surface area contributed by atoms with Gasteiger partial charge in [-0.1, -0.05) is 63.1 Å². The molecule has 4 nitrogen and oxygen atoms in total. The number of thiophene rings is 1. The maximum atomic E-state index is 11.2. The van der Waals surface area contributed by atoms with Crippen LogP contribution in [0.4, 0.5) is 11.4 Å². The third-order valence-electron chi connectivity index (χ3n) is 6.16. The van der Waals surface area contributed by atoms with E-state index < -0.39 is 5.97 Å². The summed E-state index contributed by atoms with van der Waals surface area (Å²) >= 11 is 3.30. The fraction of sp³-hybridized carbons (Fsp3) is 0.286. The molecule has 1 aromatic heterocycles. The molecule has 0 amide bonds. The summed E-state index contributed by atoms with van der Waals surface area (Å²) in [5, 5.41) is 18.2. The Morgan fingerprint density at radius 2 is 1.91 bits per heavy atom. The monoisotopic (exact) mass is 488 g/mol. The van der Waals surface area contributed by atoms with Gasteiger partial charge in [0.1, 0.15) is 11.6 Å². The smallest absolute Gasteiger partial charge is 0.346 e. The molecule has 174 valence electrons. The zero-order valence-corrected chi connectivity index (χ0v) is 21.1. The second-order valence-corrected chi connectivity index (χ2v) is 10.7. The third-order valence-corrected chi connectivity index (χ3v) is 8.35. The molecular formula is C28H28N2O2S2. The predicted molar refractivity (Wildman–Crippen MR) is 142 cm³/mol. The quantitative estimate of drug-likeness (QED) is 0.243. The minimum absolute atomic E-state index is 0.254. The number of nitriles is 1. The highest BCUT2D eigenvalue weighted by Gasteiger charge is 2.25. The highest BCUT2D eigenvalue weighted by molar-refractivity contribution is 7.99. The van der Waals surface area contributed by atoms with E-state index in [4.69, 9.17) is 10.4 Å². The van der Waals surface area contributed by atoms with Crippen LogP contribution in [0.25, 0.3) is 16.5 Å². The minimum Gasteiger partial charge on any atom is -0.477 e. The van der Waals surface area contributed by atoms with E-state index in [2.05, 4.69) is 61.2 Å². The van der Waals surface area contributed by atoms with Gasteiger partial charge in [-0.05, 0) is 60.4 Å². The molecule has 34 heavy (non-hydrogen) atoms. The number of rotatable bonds is 9. The van der Waals surface area contributed by atoms with Crippen molar-refractivity contribution in [2.45, 2.75) is 49.3 Å². The van der Waals surface area contributed by atoms with Crippen LogP contribution < -0.4 is 4.90 Å². The molecule has 1 N–H and O–H groups in total. The Balaban J connectivity index is 1.67. The Morgan fingerprint density at radius 1 is 1.12 bits per heavy atom. The Hall–Kier alpha value is -3.01. The molecule has 0 aliphatic carbocycles. The van der Waals surface area contributed by atoms with Crippen molar-refractivity contribution in [2.75, 3.05) is 11.4 Å². The van der Waals surface area contributed by atoms with Crippen LogP contribution in [0.1, 0.15) is 44.4 Å². The molecule has 6 heteroatoms. The van der Waals surface area contributed by atoms with Crippen molar-refractivity contribution in [3.63, 3.8) is 0 Å². The van der Waals surface area contributed by atoms with Crippen LogP contribution in [0.2, 0.25) is 0 Å². The minimum atomic E-state index is -1.20. The second kappa shape index (κ2) is 10.9. The van der Waals surface area contributed by atoms with Crippen LogP contribution in [0.5, 0.6) is 0 Å². The van der Waals surface area contributed by atoms with Crippen LogP contribution >= 0.6 is 23.1 Å². The predicted octanol–water partition coefficient (Wildman–Crippen LogP) is 8.23. The van der Waals surface area contributed by atoms with E-state index in [1.54, 1.807) is 17.8 Å². The molecule has 1 aliphatic rings. The van der Waals surface area contributed by atoms with E-state index in [9.17, 15) is 4.79 Å². The molecule has 1 aliphatic heterocycles. The number of hydrogen-bond donors (Lipinski definition) is 1. The largest absolute Gasteiger partial charge is 0.477 e. The molecule has 2 heterocycles. The van der Waals surface area contributed by atoms with E-state index in [0.29, 0.717) is 5.92 Å². The molecule has 4 rings (SSSR count). The average molecular weight is 489 g/mol. The van der Waals surface area contributed by atoms with E-state index in [0.717, 1.165) is 21.9 Å². The van der Waals surface area contributed by atoms with Crippen LogP contribution in [-0.2, 0) is 4.79 Å². The van der Waals surface area contributed by atoms with Crippen molar-refractivity contribution >= 4 is 46.5 Å². The van der Waals surface area contributed by atoms with Crippen molar-refractivity contribution < 1.29 is 9.90 Å². The van der Waals surface area contributed by atoms with Gasteiger partial charge in [0.05, 0.1) is 11.4 Å². The van der Waals surface area contributed by atoms with Gasteiger partial charge in [0.2, 0.25) is 0 Å². The first kappa shape index (κ1) is 24.1. The summed E-state index contributed by atoms with van der Waals surface area (Å²) in [6.07, 6.45) is 6.34. The van der Waals surface area contributed by atoms with Gasteiger partial charge in [-0.2, -0.15) is 5.26 Å². The summed E-state index contributed by atoms with van der Waals surface area (Å²) in [6, 6.07) is 20.8. The molecular weight excluding hydrogens is 460 g/mol. The first-order valence-corrected chi connectivity index (χ1v) is 13.3. The van der Waals surface area contributed by atoms with Gasteiger partial charge >= 0.3 is 5.97 Å². The lowest BCUT2D eigenvalue weighted by atomic mass is 9.98. The standard InChI is InChI=1S/C28H28N2O2S2/c1-3-5-8-19(4-2)18-30-23-9-6-7-10-26(23)34-27-16-20(11-13-24(27)30)25-14-12-22(33-25)15-21(17-29)28(31)32/h6-7,9-16,19H,3-5,8,18H2,1-2H3,(H,31,32)/b21-15-. The van der Waals surface area contributed by atoms with Gasteiger partial charge in [-0.15, -0.1) is 11.3 Å². The fourth-order valence-corrected chi connectivity index (χ4v) is 6.31. The molecule has 1 unspecified atom stereocenters. The van der Waals surface area contributed by atoms with Crippen molar-refractivity contribution in [3.8, 4) is 16.5 Å². The summed E-state index contributed by atoms with van der Waals surface area (Å²) in [7, 11) is 0. The molecule has 0 bridgehead atoms. The first-order chi connectivity index (χ1) is 16.5. The second-order valence-electron chi connectivity index (χ2n) is 8.46. The molecule has 1 atom stereocenters. The number of nitrogens with zero attached hydrogens (tertiary/aromatic N) is 2. The van der Waals surface area contributed by atoms with Gasteiger partial charge in [-0.3, -0.25) is 0 Å². The number of fused-ring (bicyclic) bond motifs is 2. The summed E-state index contributed by atoms with van der Waals surface area (Å²) in [5.41, 5.74) is 3.37. The number of unbranched alkanes of at least 4 members (excludes halogenated alkanes) is 1. The van der Waals surface area contributed by atoms with Crippen molar-refractivity contribution in [3.05, 3.63) is 65.0 Å². The van der Waals surface area contributed by atoms with Crippen LogP contribution in [0.15, 0.2) is 70.0 Å². The molecule has 0 spiro atoms. The topological polar surface area (TPSA) is 64.3 Å². The van der Waals surface area contributed by atoms with Crippen molar-refractivity contribution in [1.82, 2.24) is 0 Å². The Kier molecular flexibility index (Phi) is 7.77. The average Bonchev–Trinajstić information content (AvgIpc) is 3.32. The van der Waals surface area contributed by atoms with Gasteiger partial charge in [0, 0.05) is 26.1 Å². The summed E-state index contributed by atoms with van der Waals surface area (Å²) in [5.74, 6) is -0.551. The number of carboxylic acid groups (broad SMARTS) is 1. The number of anilines is 2. The van der Waals surface area contributed by atoms with E-state index in [1.165, 1.54) is 64.3 Å². The lowest BCUT2D eigenvalue weighted by Gasteiger charge is -2.35. The van der Waals surface area contributed by atoms with Crippen LogP contribution in [0.3, 0.4) is 0 Å². The SMILES string of the molecule is CCCCC(CC)CN1c2ccccc2Sc2cc(-c3ccc(/C=C(/C#N)C(=O)O)s3)ccc21. The van der Waals surface area contributed by atoms with Gasteiger partial charge < -0.3 is 10.0 Å². The Bertz CT molecular complexity index is 1260. The number of benzene rings is 2. The zero-order chi connectivity index (χ0) is 24.1. The summed E-state index contributed by atoms with van der Waals surface area (Å²) < 4.78 is 0. The van der Waals surface area contributed by atoms with Crippen LogP contribution in [0, 0.1) is 17.2 Å². The number of aliphatic carboxylic acids is 1. The Morgan fingerprint density at radius 3 is 2.65 bits per heavy atom. The summed E-state index contributed by atoms with van der Waals surface area (Å²) in [4.78, 5) is 18.0.